The molecular formula is C15H21NS. The number of hydrogen-bond donors (Lipinski definition) is 1. The van der Waals surface area contributed by atoms with Crippen molar-refractivity contribution in [3.8, 4) is 0 Å². The summed E-state index contributed by atoms with van der Waals surface area (Å²) >= 11 is 1.89. The average Bonchev–Trinajstić information content (AvgIpc) is 2.68. The molecule has 0 bridgehead atoms. The highest BCUT2D eigenvalue weighted by Gasteiger charge is 2.08. The Bertz CT molecular complexity index is 511. The molecule has 1 N–H and O–H groups in total. The van der Waals surface area contributed by atoms with Crippen LogP contribution in [0.15, 0.2) is 17.5 Å². The summed E-state index contributed by atoms with van der Waals surface area (Å²) < 4.78 is 1.46. The molecule has 2 heteroatoms. The monoisotopic (exact) mass is 247 g/mol. The lowest BCUT2D eigenvalue weighted by Gasteiger charge is -2.08. The van der Waals surface area contributed by atoms with Crippen molar-refractivity contribution in [1.82, 2.24) is 5.32 Å². The van der Waals surface area contributed by atoms with Crippen molar-refractivity contribution in [2.75, 3.05) is 6.54 Å². The Balaban J connectivity index is 2.26. The molecule has 0 atom stereocenters. The van der Waals surface area contributed by atoms with Crippen molar-refractivity contribution in [3.05, 3.63) is 34.2 Å². The van der Waals surface area contributed by atoms with Gasteiger partial charge in [-0.1, -0.05) is 26.0 Å². The first-order valence-electron chi connectivity index (χ1n) is 6.29. The van der Waals surface area contributed by atoms with Crippen LogP contribution in [0.25, 0.3) is 10.1 Å². The van der Waals surface area contributed by atoms with E-state index in [4.69, 9.17) is 0 Å². The van der Waals surface area contributed by atoms with Crippen LogP contribution in [0.5, 0.6) is 0 Å². The molecule has 0 aliphatic rings. The smallest absolute Gasteiger partial charge is 0.0377 e. The zero-order valence-electron chi connectivity index (χ0n) is 11.1. The Morgan fingerprint density at radius 2 is 1.88 bits per heavy atom. The van der Waals surface area contributed by atoms with Gasteiger partial charge in [0.05, 0.1) is 0 Å². The highest BCUT2D eigenvalue weighted by Crippen LogP contribution is 2.31. The summed E-state index contributed by atoms with van der Waals surface area (Å²) in [6.07, 6.45) is 1.13. The van der Waals surface area contributed by atoms with Gasteiger partial charge in [0.2, 0.25) is 0 Å². The first-order chi connectivity index (χ1) is 8.09. The molecule has 1 nitrogen and oxygen atoms in total. The summed E-state index contributed by atoms with van der Waals surface area (Å²) in [4.78, 5) is 0. The molecule has 2 rings (SSSR count). The van der Waals surface area contributed by atoms with Crippen LogP contribution >= 0.6 is 11.3 Å². The van der Waals surface area contributed by atoms with Crippen molar-refractivity contribution in [3.63, 3.8) is 0 Å². The number of rotatable bonds is 4. The normalized spacial score (nSPS) is 11.6. The van der Waals surface area contributed by atoms with Gasteiger partial charge >= 0.3 is 0 Å². The molecule has 0 fully saturated rings. The Morgan fingerprint density at radius 1 is 1.18 bits per heavy atom. The lowest BCUT2D eigenvalue weighted by atomic mass is 10.0. The second kappa shape index (κ2) is 5.19. The predicted octanol–water partition coefficient (Wildman–Crippen LogP) is 4.06. The van der Waals surface area contributed by atoms with Gasteiger partial charge < -0.3 is 5.32 Å². The van der Waals surface area contributed by atoms with Crippen LogP contribution in [-0.2, 0) is 6.42 Å². The Labute approximate surface area is 108 Å². The van der Waals surface area contributed by atoms with E-state index < -0.39 is 0 Å². The zero-order chi connectivity index (χ0) is 12.4. The van der Waals surface area contributed by atoms with Crippen LogP contribution in [0, 0.1) is 13.8 Å². The minimum atomic E-state index is 0.572. The van der Waals surface area contributed by atoms with E-state index in [9.17, 15) is 0 Å². The number of benzene rings is 1. The van der Waals surface area contributed by atoms with Gasteiger partial charge in [0.15, 0.2) is 0 Å². The maximum Gasteiger partial charge on any atom is 0.0377 e. The summed E-state index contributed by atoms with van der Waals surface area (Å²) in [5.41, 5.74) is 4.31. The van der Waals surface area contributed by atoms with Crippen LogP contribution in [0.1, 0.15) is 30.5 Å². The third-order valence-corrected chi connectivity index (χ3v) is 4.31. The minimum Gasteiger partial charge on any atom is -0.314 e. The molecule has 0 unspecified atom stereocenters. The second-order valence-electron chi connectivity index (χ2n) is 5.02. The van der Waals surface area contributed by atoms with E-state index in [0.29, 0.717) is 6.04 Å². The van der Waals surface area contributed by atoms with Gasteiger partial charge in [-0.25, -0.2) is 0 Å². The number of fused-ring (bicyclic) bond motifs is 1. The van der Waals surface area contributed by atoms with E-state index in [1.165, 1.54) is 26.8 Å². The molecule has 1 aromatic heterocycles. The summed E-state index contributed by atoms with van der Waals surface area (Å²) in [5.74, 6) is 0. The first-order valence-corrected chi connectivity index (χ1v) is 7.17. The van der Waals surface area contributed by atoms with E-state index in [2.05, 4.69) is 50.5 Å². The van der Waals surface area contributed by atoms with Gasteiger partial charge in [-0.3, -0.25) is 0 Å². The van der Waals surface area contributed by atoms with E-state index in [1.54, 1.807) is 0 Å². The maximum absolute atomic E-state index is 3.49. The standard InChI is InChI=1S/C15H21NS/c1-10(2)16-8-7-13-9-17-15-12(4)6-5-11(3)14(13)15/h5-6,9-10,16H,7-8H2,1-4H3. The summed E-state index contributed by atoms with van der Waals surface area (Å²) in [6.45, 7) is 9.88. The molecule has 0 radical (unpaired) electrons. The van der Waals surface area contributed by atoms with Gasteiger partial charge in [0.1, 0.15) is 0 Å². The van der Waals surface area contributed by atoms with Crippen LogP contribution in [0.3, 0.4) is 0 Å². The average molecular weight is 247 g/mol. The van der Waals surface area contributed by atoms with Crippen LogP contribution in [0.2, 0.25) is 0 Å². The molecule has 0 aliphatic heterocycles. The molecule has 0 spiro atoms. The maximum atomic E-state index is 3.49. The molecule has 1 aromatic carbocycles. The summed E-state index contributed by atoms with van der Waals surface area (Å²) in [7, 11) is 0. The lowest BCUT2D eigenvalue weighted by Crippen LogP contribution is -2.24. The fourth-order valence-electron chi connectivity index (χ4n) is 2.20. The summed E-state index contributed by atoms with van der Waals surface area (Å²) in [5, 5.41) is 7.30. The van der Waals surface area contributed by atoms with Crippen LogP contribution in [0.4, 0.5) is 0 Å². The first kappa shape index (κ1) is 12.6. The van der Waals surface area contributed by atoms with Crippen molar-refractivity contribution in [2.24, 2.45) is 0 Å². The summed E-state index contributed by atoms with van der Waals surface area (Å²) in [6, 6.07) is 5.04. The molecule has 0 saturated heterocycles. The van der Waals surface area contributed by atoms with Crippen LogP contribution in [-0.4, -0.2) is 12.6 Å². The molecular weight excluding hydrogens is 226 g/mol. The van der Waals surface area contributed by atoms with Crippen LogP contribution < -0.4 is 5.32 Å². The molecule has 2 aromatic rings. The Kier molecular flexibility index (Phi) is 3.85. The number of hydrogen-bond acceptors (Lipinski definition) is 2. The number of nitrogens with one attached hydrogen (secondary N) is 1. The molecule has 1 heterocycles. The van der Waals surface area contributed by atoms with Gasteiger partial charge in [0, 0.05) is 10.7 Å². The fourth-order valence-corrected chi connectivity index (χ4v) is 3.36. The Hall–Kier alpha value is -0.860. The Morgan fingerprint density at radius 3 is 2.59 bits per heavy atom. The minimum absolute atomic E-state index is 0.572. The third kappa shape index (κ3) is 2.70. The van der Waals surface area contributed by atoms with Gasteiger partial charge in [-0.15, -0.1) is 11.3 Å². The topological polar surface area (TPSA) is 12.0 Å². The van der Waals surface area contributed by atoms with Gasteiger partial charge in [-0.05, 0) is 54.3 Å². The van der Waals surface area contributed by atoms with Crippen molar-refractivity contribution >= 4 is 21.4 Å². The highest BCUT2D eigenvalue weighted by molar-refractivity contribution is 7.17. The van der Waals surface area contributed by atoms with E-state index in [0.717, 1.165) is 13.0 Å². The van der Waals surface area contributed by atoms with E-state index in [1.807, 2.05) is 11.3 Å². The SMILES string of the molecule is Cc1ccc(C)c2c(CCNC(C)C)csc12. The van der Waals surface area contributed by atoms with E-state index >= 15 is 0 Å². The van der Waals surface area contributed by atoms with Gasteiger partial charge in [0.25, 0.3) is 0 Å². The number of thiophene rings is 1. The van der Waals surface area contributed by atoms with E-state index in [-0.39, 0.29) is 0 Å². The third-order valence-electron chi connectivity index (χ3n) is 3.15. The molecule has 0 saturated carbocycles. The highest BCUT2D eigenvalue weighted by atomic mass is 32.1. The molecule has 92 valence electrons. The van der Waals surface area contributed by atoms with Crippen molar-refractivity contribution < 1.29 is 0 Å². The zero-order valence-corrected chi connectivity index (χ0v) is 11.9. The number of aryl methyl sites for hydroxylation is 2. The van der Waals surface area contributed by atoms with Crippen molar-refractivity contribution in [2.45, 2.75) is 40.2 Å². The molecule has 0 amide bonds. The molecule has 0 aliphatic carbocycles. The van der Waals surface area contributed by atoms with Crippen molar-refractivity contribution in [1.29, 1.82) is 0 Å². The fraction of sp³-hybridized carbons (Fsp3) is 0.467. The largest absolute Gasteiger partial charge is 0.314 e. The lowest BCUT2D eigenvalue weighted by molar-refractivity contribution is 0.591. The predicted molar refractivity (Wildman–Crippen MR) is 78.1 cm³/mol. The second-order valence-corrected chi connectivity index (χ2v) is 5.90. The molecule has 17 heavy (non-hydrogen) atoms. The van der Waals surface area contributed by atoms with Gasteiger partial charge in [-0.2, -0.15) is 0 Å². The quantitative estimate of drug-likeness (QED) is 0.859.